The molecule has 1 aromatic rings. The molecule has 1 unspecified atom stereocenters. The van der Waals surface area contributed by atoms with Gasteiger partial charge in [-0.2, -0.15) is 15.0 Å². The molecule has 1 atom stereocenters. The molecule has 3 rings (SSSR count). The number of piperidine rings is 1. The van der Waals surface area contributed by atoms with E-state index in [4.69, 9.17) is 11.6 Å². The molecule has 0 saturated carbocycles. The minimum absolute atomic E-state index is 0.310. The molecule has 2 saturated heterocycles. The number of anilines is 2. The summed E-state index contributed by atoms with van der Waals surface area (Å²) >= 11 is 6.07. The lowest BCUT2D eigenvalue weighted by atomic mass is 10.0. The van der Waals surface area contributed by atoms with Gasteiger partial charge >= 0.3 is 0 Å². The lowest BCUT2D eigenvalue weighted by molar-refractivity contribution is 0.441. The molecule has 0 N–H and O–H groups in total. The van der Waals surface area contributed by atoms with Crippen molar-refractivity contribution in [3.8, 4) is 0 Å². The van der Waals surface area contributed by atoms with Crippen LogP contribution in [0, 0.1) is 5.92 Å². The molecule has 0 spiro atoms. The molecule has 0 amide bonds. The van der Waals surface area contributed by atoms with Gasteiger partial charge in [-0.1, -0.05) is 6.92 Å². The first-order valence-corrected chi connectivity index (χ1v) is 7.51. The van der Waals surface area contributed by atoms with Crippen molar-refractivity contribution in [1.29, 1.82) is 0 Å². The molecule has 1 aromatic heterocycles. The molecule has 0 aromatic carbocycles. The van der Waals surface area contributed by atoms with Gasteiger partial charge in [0.2, 0.25) is 17.2 Å². The van der Waals surface area contributed by atoms with Crippen LogP contribution in [0.15, 0.2) is 0 Å². The van der Waals surface area contributed by atoms with Gasteiger partial charge in [-0.3, -0.25) is 0 Å². The highest BCUT2D eigenvalue weighted by atomic mass is 35.5. The molecule has 2 fully saturated rings. The molecular weight excluding hydrogens is 262 g/mol. The molecule has 0 aliphatic carbocycles. The van der Waals surface area contributed by atoms with Crippen molar-refractivity contribution in [3.05, 3.63) is 5.28 Å². The number of hydrogen-bond donors (Lipinski definition) is 0. The fraction of sp³-hybridized carbons (Fsp3) is 0.769. The third-order valence-corrected chi connectivity index (χ3v) is 4.08. The molecule has 2 aliphatic rings. The van der Waals surface area contributed by atoms with Crippen LogP contribution in [0.25, 0.3) is 0 Å². The minimum atomic E-state index is 0.310. The summed E-state index contributed by atoms with van der Waals surface area (Å²) in [5.41, 5.74) is 0. The van der Waals surface area contributed by atoms with Crippen LogP contribution in [0.4, 0.5) is 11.9 Å². The molecule has 19 heavy (non-hydrogen) atoms. The van der Waals surface area contributed by atoms with Crippen molar-refractivity contribution >= 4 is 23.5 Å². The number of nitrogens with zero attached hydrogens (tertiary/aromatic N) is 5. The summed E-state index contributed by atoms with van der Waals surface area (Å²) < 4.78 is 0. The predicted octanol–water partition coefficient (Wildman–Crippen LogP) is 2.36. The molecule has 0 radical (unpaired) electrons. The Hall–Kier alpha value is -1.10. The average Bonchev–Trinajstić information content (AvgIpc) is 2.92. The highest BCUT2D eigenvalue weighted by Gasteiger charge is 2.22. The standard InChI is InChI=1S/C13H20ClN5/c1-10-5-4-8-19(9-10)13-16-11(14)15-12(17-13)18-6-2-3-7-18/h10H,2-9H2,1H3. The van der Waals surface area contributed by atoms with E-state index in [0.29, 0.717) is 11.2 Å². The summed E-state index contributed by atoms with van der Waals surface area (Å²) in [5.74, 6) is 2.18. The van der Waals surface area contributed by atoms with E-state index in [9.17, 15) is 0 Å². The Balaban J connectivity index is 1.84. The molecular formula is C13H20ClN5. The highest BCUT2D eigenvalue weighted by Crippen LogP contribution is 2.24. The van der Waals surface area contributed by atoms with Crippen LogP contribution in [0.1, 0.15) is 32.6 Å². The number of hydrogen-bond acceptors (Lipinski definition) is 5. The third kappa shape index (κ3) is 2.91. The zero-order chi connectivity index (χ0) is 13.2. The van der Waals surface area contributed by atoms with Crippen LogP contribution in [-0.4, -0.2) is 41.1 Å². The molecule has 5 nitrogen and oxygen atoms in total. The Morgan fingerprint density at radius 2 is 1.58 bits per heavy atom. The number of rotatable bonds is 2. The summed E-state index contributed by atoms with van der Waals surface area (Å²) in [6, 6.07) is 0. The maximum Gasteiger partial charge on any atom is 0.231 e. The summed E-state index contributed by atoms with van der Waals surface area (Å²) in [6.45, 7) is 6.35. The molecule has 0 bridgehead atoms. The third-order valence-electron chi connectivity index (χ3n) is 3.91. The first-order chi connectivity index (χ1) is 9.22. The van der Waals surface area contributed by atoms with Gasteiger partial charge in [-0.05, 0) is 43.2 Å². The Labute approximate surface area is 119 Å². The van der Waals surface area contributed by atoms with Gasteiger partial charge < -0.3 is 9.80 Å². The topological polar surface area (TPSA) is 45.2 Å². The monoisotopic (exact) mass is 281 g/mol. The number of aromatic nitrogens is 3. The average molecular weight is 282 g/mol. The van der Waals surface area contributed by atoms with Crippen molar-refractivity contribution in [3.63, 3.8) is 0 Å². The lowest BCUT2D eigenvalue weighted by Crippen LogP contribution is -2.36. The minimum Gasteiger partial charge on any atom is -0.341 e. The molecule has 104 valence electrons. The van der Waals surface area contributed by atoms with Crippen LogP contribution in [-0.2, 0) is 0 Å². The van der Waals surface area contributed by atoms with Gasteiger partial charge in [-0.25, -0.2) is 0 Å². The summed E-state index contributed by atoms with van der Waals surface area (Å²) in [7, 11) is 0. The van der Waals surface area contributed by atoms with Gasteiger partial charge in [-0.15, -0.1) is 0 Å². The van der Waals surface area contributed by atoms with E-state index in [2.05, 4.69) is 31.7 Å². The van der Waals surface area contributed by atoms with Crippen LogP contribution >= 0.6 is 11.6 Å². The maximum atomic E-state index is 6.07. The van der Waals surface area contributed by atoms with Crippen molar-refractivity contribution in [2.75, 3.05) is 36.0 Å². The zero-order valence-electron chi connectivity index (χ0n) is 11.3. The Morgan fingerprint density at radius 1 is 0.947 bits per heavy atom. The second-order valence-electron chi connectivity index (χ2n) is 5.59. The van der Waals surface area contributed by atoms with E-state index in [1.54, 1.807) is 0 Å². The van der Waals surface area contributed by atoms with Crippen LogP contribution < -0.4 is 9.80 Å². The van der Waals surface area contributed by atoms with E-state index >= 15 is 0 Å². The first-order valence-electron chi connectivity index (χ1n) is 7.14. The highest BCUT2D eigenvalue weighted by molar-refractivity contribution is 6.28. The Bertz CT molecular complexity index is 447. The van der Waals surface area contributed by atoms with Crippen LogP contribution in [0.5, 0.6) is 0 Å². The smallest absolute Gasteiger partial charge is 0.231 e. The summed E-state index contributed by atoms with van der Waals surface area (Å²) in [5, 5.41) is 0.310. The fourth-order valence-corrected chi connectivity index (χ4v) is 3.05. The van der Waals surface area contributed by atoms with Crippen molar-refractivity contribution in [2.45, 2.75) is 32.6 Å². The SMILES string of the molecule is CC1CCCN(c2nc(Cl)nc(N3CCCC3)n2)C1. The van der Waals surface area contributed by atoms with E-state index in [-0.39, 0.29) is 0 Å². The van der Waals surface area contributed by atoms with Crippen LogP contribution in [0.3, 0.4) is 0 Å². The van der Waals surface area contributed by atoms with Gasteiger partial charge in [0.1, 0.15) is 0 Å². The van der Waals surface area contributed by atoms with E-state index in [1.807, 2.05) is 0 Å². The zero-order valence-corrected chi connectivity index (χ0v) is 12.1. The van der Waals surface area contributed by atoms with Crippen LogP contribution in [0.2, 0.25) is 5.28 Å². The van der Waals surface area contributed by atoms with Crippen molar-refractivity contribution < 1.29 is 0 Å². The first kappa shape index (κ1) is 12.9. The van der Waals surface area contributed by atoms with E-state index in [0.717, 1.165) is 38.1 Å². The van der Waals surface area contributed by atoms with Gasteiger partial charge in [0, 0.05) is 26.2 Å². The normalized spacial score (nSPS) is 24.0. The second-order valence-corrected chi connectivity index (χ2v) is 5.93. The predicted molar refractivity (Wildman–Crippen MR) is 76.9 cm³/mol. The maximum absolute atomic E-state index is 6.07. The molecule has 2 aliphatic heterocycles. The second kappa shape index (κ2) is 5.49. The van der Waals surface area contributed by atoms with E-state index in [1.165, 1.54) is 25.7 Å². The molecule has 6 heteroatoms. The quantitative estimate of drug-likeness (QED) is 0.833. The summed E-state index contributed by atoms with van der Waals surface area (Å²) in [6.07, 6.45) is 4.90. The summed E-state index contributed by atoms with van der Waals surface area (Å²) in [4.78, 5) is 17.6. The lowest BCUT2D eigenvalue weighted by Gasteiger charge is -2.31. The van der Waals surface area contributed by atoms with Crippen molar-refractivity contribution in [2.24, 2.45) is 5.92 Å². The van der Waals surface area contributed by atoms with E-state index < -0.39 is 0 Å². The Kier molecular flexibility index (Phi) is 3.73. The number of halogens is 1. The van der Waals surface area contributed by atoms with Gasteiger partial charge in [0.05, 0.1) is 0 Å². The van der Waals surface area contributed by atoms with Gasteiger partial charge in [0.15, 0.2) is 0 Å². The van der Waals surface area contributed by atoms with Gasteiger partial charge in [0.25, 0.3) is 0 Å². The largest absolute Gasteiger partial charge is 0.341 e. The van der Waals surface area contributed by atoms with Crippen molar-refractivity contribution in [1.82, 2.24) is 15.0 Å². The Morgan fingerprint density at radius 3 is 2.26 bits per heavy atom. The fourth-order valence-electron chi connectivity index (χ4n) is 2.90. The molecule has 3 heterocycles.